The lowest BCUT2D eigenvalue weighted by atomic mass is 9.99. The average molecular weight is 261 g/mol. The molecule has 0 spiro atoms. The first-order chi connectivity index (χ1) is 7.67. The highest BCUT2D eigenvalue weighted by molar-refractivity contribution is 8.01. The molecule has 2 atom stereocenters. The van der Waals surface area contributed by atoms with E-state index in [2.05, 4.69) is 5.32 Å². The summed E-state index contributed by atoms with van der Waals surface area (Å²) in [5.74, 6) is -0.939. The third-order valence-electron chi connectivity index (χ3n) is 2.43. The van der Waals surface area contributed by atoms with Gasteiger partial charge in [-0.3, -0.25) is 4.79 Å². The number of hydrogen-bond acceptors (Lipinski definition) is 3. The molecule has 1 amide bonds. The van der Waals surface area contributed by atoms with E-state index in [1.165, 1.54) is 11.8 Å². The molecule has 4 nitrogen and oxygen atoms in total. The molecule has 0 unspecified atom stereocenters. The molecule has 0 radical (unpaired) electrons. The Kier molecular flexibility index (Phi) is 6.60. The van der Waals surface area contributed by atoms with E-state index in [1.807, 2.05) is 34.6 Å². The van der Waals surface area contributed by atoms with Gasteiger partial charge in [0.25, 0.3) is 0 Å². The summed E-state index contributed by atoms with van der Waals surface area (Å²) in [6.45, 7) is 9.81. The van der Waals surface area contributed by atoms with Crippen LogP contribution in [0.4, 0.5) is 0 Å². The summed E-state index contributed by atoms with van der Waals surface area (Å²) >= 11 is 1.51. The number of hydrogen-bond donors (Lipinski definition) is 2. The zero-order valence-electron chi connectivity index (χ0n) is 11.2. The maximum Gasteiger partial charge on any atom is 0.326 e. The van der Waals surface area contributed by atoms with Crippen molar-refractivity contribution in [3.05, 3.63) is 0 Å². The predicted octanol–water partition coefficient (Wildman–Crippen LogP) is 2.13. The van der Waals surface area contributed by atoms with Crippen molar-refractivity contribution in [2.75, 3.05) is 5.75 Å². The van der Waals surface area contributed by atoms with E-state index in [0.717, 1.165) is 6.42 Å². The van der Waals surface area contributed by atoms with E-state index < -0.39 is 12.0 Å². The number of thioether (sulfide) groups is 1. The highest BCUT2D eigenvalue weighted by atomic mass is 32.2. The number of carboxylic acids is 1. The Labute approximate surface area is 108 Å². The van der Waals surface area contributed by atoms with Crippen LogP contribution in [0.15, 0.2) is 0 Å². The third kappa shape index (κ3) is 7.26. The smallest absolute Gasteiger partial charge is 0.326 e. The van der Waals surface area contributed by atoms with Crippen LogP contribution in [-0.2, 0) is 9.59 Å². The summed E-state index contributed by atoms with van der Waals surface area (Å²) in [5.41, 5.74) is 0. The number of aliphatic carboxylic acids is 1. The number of carbonyl (C=O) groups is 2. The maximum absolute atomic E-state index is 11.6. The summed E-state index contributed by atoms with van der Waals surface area (Å²) in [7, 11) is 0. The van der Waals surface area contributed by atoms with E-state index in [0.29, 0.717) is 5.75 Å². The van der Waals surface area contributed by atoms with Crippen molar-refractivity contribution in [2.24, 2.45) is 5.92 Å². The van der Waals surface area contributed by atoms with E-state index in [1.54, 1.807) is 0 Å². The van der Waals surface area contributed by atoms with Crippen LogP contribution >= 0.6 is 11.8 Å². The second-order valence-corrected chi connectivity index (χ2v) is 6.97. The second-order valence-electron chi connectivity index (χ2n) is 5.17. The fourth-order valence-corrected chi connectivity index (χ4v) is 1.83. The van der Waals surface area contributed by atoms with Gasteiger partial charge in [-0.25, -0.2) is 4.79 Å². The van der Waals surface area contributed by atoms with Gasteiger partial charge in [0.1, 0.15) is 6.04 Å². The van der Waals surface area contributed by atoms with Gasteiger partial charge in [-0.05, 0) is 5.92 Å². The Bertz CT molecular complexity index is 273. The Morgan fingerprint density at radius 1 is 1.35 bits per heavy atom. The second kappa shape index (κ2) is 6.89. The molecule has 5 heteroatoms. The van der Waals surface area contributed by atoms with E-state index in [4.69, 9.17) is 5.11 Å². The maximum atomic E-state index is 11.6. The lowest BCUT2D eigenvalue weighted by molar-refractivity contribution is -0.143. The van der Waals surface area contributed by atoms with Gasteiger partial charge < -0.3 is 10.4 Å². The van der Waals surface area contributed by atoms with Crippen molar-refractivity contribution in [1.29, 1.82) is 0 Å². The van der Waals surface area contributed by atoms with Gasteiger partial charge in [0, 0.05) is 4.75 Å². The zero-order chi connectivity index (χ0) is 13.6. The first-order valence-corrected chi connectivity index (χ1v) is 6.82. The Morgan fingerprint density at radius 3 is 2.24 bits per heavy atom. The van der Waals surface area contributed by atoms with Crippen molar-refractivity contribution < 1.29 is 14.7 Å². The van der Waals surface area contributed by atoms with Gasteiger partial charge in [0.15, 0.2) is 0 Å². The van der Waals surface area contributed by atoms with Gasteiger partial charge in [0.05, 0.1) is 5.75 Å². The molecule has 2 N–H and O–H groups in total. The van der Waals surface area contributed by atoms with Crippen molar-refractivity contribution in [3.8, 4) is 0 Å². The minimum atomic E-state index is -0.964. The van der Waals surface area contributed by atoms with Gasteiger partial charge in [-0.15, -0.1) is 11.8 Å². The summed E-state index contributed by atoms with van der Waals surface area (Å²) in [4.78, 5) is 22.6. The molecular weight excluding hydrogens is 238 g/mol. The minimum Gasteiger partial charge on any atom is -0.480 e. The highest BCUT2D eigenvalue weighted by Crippen LogP contribution is 2.22. The van der Waals surface area contributed by atoms with Crippen molar-refractivity contribution in [3.63, 3.8) is 0 Å². The Hall–Kier alpha value is -0.710. The largest absolute Gasteiger partial charge is 0.480 e. The number of carbonyl (C=O) groups excluding carboxylic acids is 1. The van der Waals surface area contributed by atoms with Gasteiger partial charge in [0.2, 0.25) is 5.91 Å². The standard InChI is InChI=1S/C12H23NO3S/c1-6-8(2)10(11(15)16)13-9(14)7-17-12(3,4)5/h8,10H,6-7H2,1-5H3,(H,13,14)(H,15,16)/t8-,10-/m0/s1. The Morgan fingerprint density at radius 2 is 1.88 bits per heavy atom. The molecule has 0 fully saturated rings. The predicted molar refractivity (Wildman–Crippen MR) is 71.2 cm³/mol. The van der Waals surface area contributed by atoms with Crippen LogP contribution in [0.5, 0.6) is 0 Å². The Balaban J connectivity index is 4.28. The highest BCUT2D eigenvalue weighted by Gasteiger charge is 2.25. The molecular formula is C12H23NO3S. The number of carboxylic acid groups (broad SMARTS) is 1. The fraction of sp³-hybridized carbons (Fsp3) is 0.833. The SMILES string of the molecule is CC[C@H](C)[C@H](NC(=O)CSC(C)(C)C)C(=O)O. The van der Waals surface area contributed by atoms with Gasteiger partial charge in [-0.2, -0.15) is 0 Å². The number of amides is 1. The average Bonchev–Trinajstić information content (AvgIpc) is 2.20. The third-order valence-corrected chi connectivity index (χ3v) is 3.70. The van der Waals surface area contributed by atoms with Gasteiger partial charge in [-0.1, -0.05) is 41.0 Å². The molecule has 0 aromatic heterocycles. The summed E-state index contributed by atoms with van der Waals surface area (Å²) in [5, 5.41) is 11.6. The lowest BCUT2D eigenvalue weighted by Crippen LogP contribution is -2.45. The molecule has 0 bridgehead atoms. The molecule has 100 valence electrons. The normalized spacial score (nSPS) is 15.1. The van der Waals surface area contributed by atoms with E-state index >= 15 is 0 Å². The molecule has 0 aromatic rings. The van der Waals surface area contributed by atoms with Crippen LogP contribution < -0.4 is 5.32 Å². The quantitative estimate of drug-likeness (QED) is 0.768. The van der Waals surface area contributed by atoms with Crippen molar-refractivity contribution in [1.82, 2.24) is 5.32 Å². The number of rotatable bonds is 6. The van der Waals surface area contributed by atoms with E-state index in [9.17, 15) is 9.59 Å². The molecule has 0 saturated carbocycles. The van der Waals surface area contributed by atoms with Crippen LogP contribution in [0, 0.1) is 5.92 Å². The van der Waals surface area contributed by atoms with Crippen LogP contribution in [0.2, 0.25) is 0 Å². The molecule has 0 aliphatic rings. The van der Waals surface area contributed by atoms with Crippen molar-refractivity contribution >= 4 is 23.6 Å². The molecule has 0 aromatic carbocycles. The molecule has 0 aliphatic heterocycles. The summed E-state index contributed by atoms with van der Waals surface area (Å²) in [6, 6.07) is -0.784. The van der Waals surface area contributed by atoms with Crippen LogP contribution in [-0.4, -0.2) is 33.5 Å². The monoisotopic (exact) mass is 261 g/mol. The molecule has 0 aliphatic carbocycles. The summed E-state index contributed by atoms with van der Waals surface area (Å²) < 4.78 is 0.00638. The van der Waals surface area contributed by atoms with Crippen LogP contribution in [0.1, 0.15) is 41.0 Å². The van der Waals surface area contributed by atoms with Crippen molar-refractivity contribution in [2.45, 2.75) is 51.8 Å². The topological polar surface area (TPSA) is 66.4 Å². The van der Waals surface area contributed by atoms with Crippen LogP contribution in [0.3, 0.4) is 0 Å². The first-order valence-electron chi connectivity index (χ1n) is 5.83. The van der Waals surface area contributed by atoms with E-state index in [-0.39, 0.29) is 16.6 Å². The fourth-order valence-electron chi connectivity index (χ4n) is 1.18. The molecule has 0 heterocycles. The molecule has 17 heavy (non-hydrogen) atoms. The molecule has 0 rings (SSSR count). The van der Waals surface area contributed by atoms with Gasteiger partial charge >= 0.3 is 5.97 Å². The summed E-state index contributed by atoms with van der Waals surface area (Å²) in [6.07, 6.45) is 0.726. The minimum absolute atomic E-state index is 0.00638. The van der Waals surface area contributed by atoms with Crippen LogP contribution in [0.25, 0.3) is 0 Å². The zero-order valence-corrected chi connectivity index (χ0v) is 12.1. The lowest BCUT2D eigenvalue weighted by Gasteiger charge is -2.22. The number of nitrogens with one attached hydrogen (secondary N) is 1. The molecule has 0 saturated heterocycles. The first kappa shape index (κ1) is 16.3.